The molecule has 1 aliphatic rings. The Morgan fingerprint density at radius 2 is 1.87 bits per heavy atom. The van der Waals surface area contributed by atoms with Gasteiger partial charge < -0.3 is 15.1 Å². The van der Waals surface area contributed by atoms with Crippen LogP contribution in [0.15, 0.2) is 0 Å². The Kier molecular flexibility index (Phi) is 4.88. The Hall–Kier alpha value is -0.770. The number of hydrogen-bond donors (Lipinski definition) is 2. The fourth-order valence-electron chi connectivity index (χ4n) is 2.16. The average Bonchev–Trinajstić information content (AvgIpc) is 2.19. The first kappa shape index (κ1) is 12.3. The molecule has 0 aliphatic carbocycles. The summed E-state index contributed by atoms with van der Waals surface area (Å²) in [6.07, 6.45) is 4.03. The number of rotatable bonds is 4. The van der Waals surface area contributed by atoms with Gasteiger partial charge in [0.05, 0.1) is 33.2 Å². The predicted octanol–water partition coefficient (Wildman–Crippen LogP) is 0.936. The van der Waals surface area contributed by atoms with Crippen molar-refractivity contribution in [2.45, 2.75) is 26.2 Å². The summed E-state index contributed by atoms with van der Waals surface area (Å²) in [6, 6.07) is -0.0406. The van der Waals surface area contributed by atoms with E-state index in [0.29, 0.717) is 6.54 Å². The number of piperidine rings is 1. The van der Waals surface area contributed by atoms with E-state index < -0.39 is 0 Å². The number of carbonyl (C=O) groups excluding carboxylic acids is 1. The molecule has 88 valence electrons. The smallest absolute Gasteiger partial charge is 0.314 e. The number of quaternary nitrogens is 1. The molecule has 0 unspecified atom stereocenters. The van der Waals surface area contributed by atoms with Crippen LogP contribution in [-0.2, 0) is 0 Å². The van der Waals surface area contributed by atoms with E-state index in [4.69, 9.17) is 0 Å². The molecule has 0 aromatic carbocycles. The molecule has 0 bridgehead atoms. The molecule has 1 saturated heterocycles. The topological polar surface area (TPSA) is 41.1 Å². The van der Waals surface area contributed by atoms with Gasteiger partial charge in [0.15, 0.2) is 0 Å². The van der Waals surface area contributed by atoms with Crippen molar-refractivity contribution in [3.63, 3.8) is 0 Å². The average molecular weight is 214 g/mol. The molecule has 15 heavy (non-hydrogen) atoms. The van der Waals surface area contributed by atoms with Crippen LogP contribution in [0.5, 0.6) is 0 Å². The van der Waals surface area contributed by atoms with Gasteiger partial charge in [0.25, 0.3) is 0 Å². The van der Waals surface area contributed by atoms with Crippen molar-refractivity contribution >= 4 is 6.03 Å². The number of carbonyl (C=O) groups is 1. The summed E-state index contributed by atoms with van der Waals surface area (Å²) in [6.45, 7) is 6.98. The summed E-state index contributed by atoms with van der Waals surface area (Å²) in [5.41, 5.74) is 0. The zero-order valence-corrected chi connectivity index (χ0v) is 10.0. The van der Waals surface area contributed by atoms with Gasteiger partial charge >= 0.3 is 6.03 Å². The molecular formula is C11H24N3O+. The minimum Gasteiger partial charge on any atom is -0.338 e. The molecule has 1 rings (SSSR count). The van der Waals surface area contributed by atoms with Crippen LogP contribution in [0.3, 0.4) is 0 Å². The van der Waals surface area contributed by atoms with E-state index in [1.165, 1.54) is 32.4 Å². The highest BCUT2D eigenvalue weighted by molar-refractivity contribution is 5.73. The molecule has 1 fully saturated rings. The lowest BCUT2D eigenvalue weighted by Crippen LogP contribution is -2.52. The quantitative estimate of drug-likeness (QED) is 0.672. The number of amides is 2. The van der Waals surface area contributed by atoms with Crippen molar-refractivity contribution in [2.24, 2.45) is 0 Å². The number of likely N-dealkylation sites (N-methyl/N-ethyl adjacent to an activating group) is 1. The first-order valence-electron chi connectivity index (χ1n) is 6.01. The molecule has 4 nitrogen and oxygen atoms in total. The Balaban J connectivity index is 2.15. The fraction of sp³-hybridized carbons (Fsp3) is 0.909. The van der Waals surface area contributed by atoms with E-state index in [2.05, 4.69) is 17.7 Å². The zero-order valence-electron chi connectivity index (χ0n) is 10.0. The third kappa shape index (κ3) is 4.51. The van der Waals surface area contributed by atoms with Gasteiger partial charge in [0, 0.05) is 6.54 Å². The maximum Gasteiger partial charge on any atom is 0.314 e. The van der Waals surface area contributed by atoms with Gasteiger partial charge in [-0.05, 0) is 26.2 Å². The first-order valence-corrected chi connectivity index (χ1v) is 6.01. The maximum atomic E-state index is 11.2. The van der Waals surface area contributed by atoms with Gasteiger partial charge in [-0.25, -0.2) is 4.79 Å². The lowest BCUT2D eigenvalue weighted by atomic mass is 10.1. The van der Waals surface area contributed by atoms with Crippen LogP contribution < -0.4 is 10.6 Å². The predicted molar refractivity (Wildman–Crippen MR) is 61.7 cm³/mol. The van der Waals surface area contributed by atoms with Crippen LogP contribution in [0.1, 0.15) is 26.2 Å². The summed E-state index contributed by atoms with van der Waals surface area (Å²) in [5.74, 6) is 0. The zero-order chi connectivity index (χ0) is 11.1. The van der Waals surface area contributed by atoms with Crippen molar-refractivity contribution < 1.29 is 9.28 Å². The van der Waals surface area contributed by atoms with Crippen molar-refractivity contribution in [3.05, 3.63) is 0 Å². The molecule has 0 spiro atoms. The lowest BCUT2D eigenvalue weighted by molar-refractivity contribution is -0.912. The Morgan fingerprint density at radius 1 is 1.20 bits per heavy atom. The van der Waals surface area contributed by atoms with Gasteiger partial charge in [-0.2, -0.15) is 0 Å². The Bertz CT molecular complexity index is 200. The largest absolute Gasteiger partial charge is 0.338 e. The lowest BCUT2D eigenvalue weighted by Gasteiger charge is -2.37. The summed E-state index contributed by atoms with van der Waals surface area (Å²) in [5, 5.41) is 5.63. The van der Waals surface area contributed by atoms with Crippen LogP contribution in [-0.4, -0.2) is 50.3 Å². The summed E-state index contributed by atoms with van der Waals surface area (Å²) >= 11 is 0. The van der Waals surface area contributed by atoms with E-state index >= 15 is 0 Å². The fourth-order valence-corrected chi connectivity index (χ4v) is 2.16. The summed E-state index contributed by atoms with van der Waals surface area (Å²) in [7, 11) is 2.29. The van der Waals surface area contributed by atoms with Gasteiger partial charge in [-0.3, -0.25) is 0 Å². The molecule has 0 radical (unpaired) electrons. The highest BCUT2D eigenvalue weighted by Gasteiger charge is 2.23. The molecule has 1 aliphatic heterocycles. The van der Waals surface area contributed by atoms with E-state index in [-0.39, 0.29) is 6.03 Å². The van der Waals surface area contributed by atoms with E-state index in [0.717, 1.165) is 17.6 Å². The minimum absolute atomic E-state index is 0.0406. The number of likely N-dealkylation sites (tertiary alicyclic amines) is 1. The van der Waals surface area contributed by atoms with Crippen molar-refractivity contribution in [3.8, 4) is 0 Å². The molecular weight excluding hydrogens is 190 g/mol. The second-order valence-electron chi connectivity index (χ2n) is 4.64. The molecule has 0 atom stereocenters. The van der Waals surface area contributed by atoms with Crippen LogP contribution in [0, 0.1) is 0 Å². The molecule has 0 aromatic rings. The van der Waals surface area contributed by atoms with Gasteiger partial charge in [-0.15, -0.1) is 0 Å². The van der Waals surface area contributed by atoms with Crippen LogP contribution in [0.4, 0.5) is 4.79 Å². The van der Waals surface area contributed by atoms with Crippen molar-refractivity contribution in [1.29, 1.82) is 0 Å². The molecule has 4 heteroatoms. The Labute approximate surface area is 92.6 Å². The molecule has 2 N–H and O–H groups in total. The van der Waals surface area contributed by atoms with Crippen molar-refractivity contribution in [2.75, 3.05) is 39.8 Å². The van der Waals surface area contributed by atoms with Crippen molar-refractivity contribution in [1.82, 2.24) is 10.6 Å². The van der Waals surface area contributed by atoms with Crippen LogP contribution in [0.25, 0.3) is 0 Å². The van der Waals surface area contributed by atoms with Gasteiger partial charge in [-0.1, -0.05) is 0 Å². The number of nitrogens with one attached hydrogen (secondary N) is 2. The number of nitrogens with zero attached hydrogens (tertiary/aromatic N) is 1. The second kappa shape index (κ2) is 5.95. The SMILES string of the molecule is CCNC(=O)NCC[N+]1(C)CCCCC1. The monoisotopic (exact) mass is 214 g/mol. The first-order chi connectivity index (χ1) is 7.16. The number of hydrogen-bond acceptors (Lipinski definition) is 1. The molecule has 1 heterocycles. The van der Waals surface area contributed by atoms with E-state index in [9.17, 15) is 4.79 Å². The second-order valence-corrected chi connectivity index (χ2v) is 4.64. The maximum absolute atomic E-state index is 11.2. The van der Waals surface area contributed by atoms with Crippen LogP contribution in [0.2, 0.25) is 0 Å². The molecule has 2 amide bonds. The normalized spacial score (nSPS) is 19.6. The van der Waals surface area contributed by atoms with E-state index in [1.54, 1.807) is 0 Å². The van der Waals surface area contributed by atoms with E-state index in [1.807, 2.05) is 6.92 Å². The molecule has 0 saturated carbocycles. The number of urea groups is 1. The highest BCUT2D eigenvalue weighted by atomic mass is 16.2. The minimum atomic E-state index is -0.0406. The van der Waals surface area contributed by atoms with Crippen LogP contribution >= 0.6 is 0 Å². The third-order valence-corrected chi connectivity index (χ3v) is 3.17. The Morgan fingerprint density at radius 3 is 2.47 bits per heavy atom. The molecule has 0 aromatic heterocycles. The summed E-state index contributed by atoms with van der Waals surface area (Å²) < 4.78 is 1.12. The van der Waals surface area contributed by atoms with Gasteiger partial charge in [0.1, 0.15) is 0 Å². The highest BCUT2D eigenvalue weighted by Crippen LogP contribution is 2.14. The standard InChI is InChI=1S/C11H23N3O/c1-3-12-11(15)13-7-10-14(2)8-5-4-6-9-14/h3-10H2,1-2H3,(H-,12,13,15)/p+1. The summed E-state index contributed by atoms with van der Waals surface area (Å²) in [4.78, 5) is 11.2. The third-order valence-electron chi connectivity index (χ3n) is 3.17. The van der Waals surface area contributed by atoms with Gasteiger partial charge in [0.2, 0.25) is 0 Å².